The third-order valence-corrected chi connectivity index (χ3v) is 2.91. The van der Waals surface area contributed by atoms with E-state index in [4.69, 9.17) is 5.11 Å². The number of aliphatic carboxylic acids is 1. The third-order valence-electron chi connectivity index (χ3n) is 2.91. The lowest BCUT2D eigenvalue weighted by atomic mass is 10.1. The minimum atomic E-state index is -1.42. The van der Waals surface area contributed by atoms with Gasteiger partial charge in [-0.15, -0.1) is 0 Å². The monoisotopic (exact) mass is 221 g/mol. The first-order valence-corrected chi connectivity index (χ1v) is 5.44. The van der Waals surface area contributed by atoms with Crippen molar-refractivity contribution in [3.8, 4) is 0 Å². The molecule has 0 bridgehead atoms. The number of aliphatic hydroxyl groups excluding tert-OH is 1. The van der Waals surface area contributed by atoms with Crippen LogP contribution in [0, 0.1) is 0 Å². The van der Waals surface area contributed by atoms with Gasteiger partial charge in [-0.1, -0.05) is 12.1 Å². The summed E-state index contributed by atoms with van der Waals surface area (Å²) in [7, 11) is 0. The highest BCUT2D eigenvalue weighted by molar-refractivity contribution is 5.74. The maximum atomic E-state index is 10.6. The van der Waals surface area contributed by atoms with E-state index in [0.29, 0.717) is 5.56 Å². The second-order valence-electron chi connectivity index (χ2n) is 4.03. The van der Waals surface area contributed by atoms with Crippen molar-refractivity contribution in [3.63, 3.8) is 0 Å². The van der Waals surface area contributed by atoms with Crippen molar-refractivity contribution in [1.82, 2.24) is 0 Å². The Balaban J connectivity index is 2.12. The lowest BCUT2D eigenvalue weighted by molar-refractivity contribution is -0.146. The van der Waals surface area contributed by atoms with Crippen molar-refractivity contribution >= 4 is 11.7 Å². The van der Waals surface area contributed by atoms with Gasteiger partial charge in [0, 0.05) is 18.8 Å². The summed E-state index contributed by atoms with van der Waals surface area (Å²) in [6.45, 7) is 2.11. The number of anilines is 1. The van der Waals surface area contributed by atoms with Crippen molar-refractivity contribution in [2.24, 2.45) is 0 Å². The Morgan fingerprint density at radius 3 is 2.25 bits per heavy atom. The highest BCUT2D eigenvalue weighted by Gasteiger charge is 2.17. The summed E-state index contributed by atoms with van der Waals surface area (Å²) in [6, 6.07) is 7.08. The van der Waals surface area contributed by atoms with Crippen LogP contribution in [0.3, 0.4) is 0 Å². The topological polar surface area (TPSA) is 60.8 Å². The van der Waals surface area contributed by atoms with Gasteiger partial charge in [0.25, 0.3) is 0 Å². The standard InChI is InChI=1S/C12H15NO3/c14-11(12(15)16)9-3-5-10(6-4-9)13-7-1-2-8-13/h3-6,11,14H,1-2,7-8H2,(H,15,16)/t11-/m0/s1. The van der Waals surface area contributed by atoms with Crippen molar-refractivity contribution in [2.45, 2.75) is 18.9 Å². The molecule has 2 rings (SSSR count). The van der Waals surface area contributed by atoms with Gasteiger partial charge in [-0.2, -0.15) is 0 Å². The minimum absolute atomic E-state index is 0.426. The van der Waals surface area contributed by atoms with Gasteiger partial charge >= 0.3 is 5.97 Å². The molecule has 1 aromatic carbocycles. The van der Waals surface area contributed by atoms with Crippen LogP contribution >= 0.6 is 0 Å². The van der Waals surface area contributed by atoms with Crippen molar-refractivity contribution < 1.29 is 15.0 Å². The SMILES string of the molecule is O=C(O)[C@@H](O)c1ccc(N2CCCC2)cc1. The van der Waals surface area contributed by atoms with Crippen LogP contribution in [0.5, 0.6) is 0 Å². The first kappa shape index (κ1) is 11.0. The van der Waals surface area contributed by atoms with Gasteiger partial charge in [-0.3, -0.25) is 0 Å². The molecule has 2 N–H and O–H groups in total. The summed E-state index contributed by atoms with van der Waals surface area (Å²) in [5, 5.41) is 18.0. The zero-order valence-electron chi connectivity index (χ0n) is 8.97. The summed E-state index contributed by atoms with van der Waals surface area (Å²) < 4.78 is 0. The Morgan fingerprint density at radius 2 is 1.75 bits per heavy atom. The minimum Gasteiger partial charge on any atom is -0.479 e. The van der Waals surface area contributed by atoms with E-state index in [9.17, 15) is 9.90 Å². The molecule has 1 aliphatic heterocycles. The van der Waals surface area contributed by atoms with Crippen molar-refractivity contribution in [2.75, 3.05) is 18.0 Å². The molecule has 0 amide bonds. The van der Waals surface area contributed by atoms with Gasteiger partial charge in [0.15, 0.2) is 6.10 Å². The average Bonchev–Trinajstić information content (AvgIpc) is 2.81. The highest BCUT2D eigenvalue weighted by Crippen LogP contribution is 2.22. The number of rotatable bonds is 3. The second-order valence-corrected chi connectivity index (χ2v) is 4.03. The molecular weight excluding hydrogens is 206 g/mol. The van der Waals surface area contributed by atoms with Gasteiger partial charge in [-0.25, -0.2) is 4.79 Å². The van der Waals surface area contributed by atoms with E-state index in [1.54, 1.807) is 12.1 Å². The molecule has 86 valence electrons. The number of carboxylic acids is 1. The molecule has 1 heterocycles. The van der Waals surface area contributed by atoms with E-state index in [1.165, 1.54) is 12.8 Å². The van der Waals surface area contributed by atoms with Crippen LogP contribution in [0.15, 0.2) is 24.3 Å². The zero-order chi connectivity index (χ0) is 11.5. The number of hydrogen-bond acceptors (Lipinski definition) is 3. The Morgan fingerprint density at radius 1 is 1.19 bits per heavy atom. The van der Waals surface area contributed by atoms with Crippen molar-refractivity contribution in [1.29, 1.82) is 0 Å². The third kappa shape index (κ3) is 2.17. The van der Waals surface area contributed by atoms with E-state index in [-0.39, 0.29) is 0 Å². The molecule has 4 nitrogen and oxygen atoms in total. The highest BCUT2D eigenvalue weighted by atomic mass is 16.4. The van der Waals surface area contributed by atoms with Crippen LogP contribution in [0.4, 0.5) is 5.69 Å². The molecule has 16 heavy (non-hydrogen) atoms. The molecule has 1 saturated heterocycles. The number of carboxylic acid groups (broad SMARTS) is 1. The van der Waals surface area contributed by atoms with Crippen LogP contribution in [0.2, 0.25) is 0 Å². The quantitative estimate of drug-likeness (QED) is 0.810. The number of carbonyl (C=O) groups is 1. The van der Waals surface area contributed by atoms with Gasteiger partial charge in [0.1, 0.15) is 0 Å². The van der Waals surface area contributed by atoms with E-state index in [2.05, 4.69) is 4.90 Å². The molecule has 0 aliphatic carbocycles. The van der Waals surface area contributed by atoms with Crippen LogP contribution < -0.4 is 4.90 Å². The normalized spacial score (nSPS) is 17.4. The fourth-order valence-corrected chi connectivity index (χ4v) is 1.99. The maximum Gasteiger partial charge on any atom is 0.337 e. The van der Waals surface area contributed by atoms with Crippen LogP contribution in [0.25, 0.3) is 0 Å². The smallest absolute Gasteiger partial charge is 0.337 e. The number of benzene rings is 1. The van der Waals surface area contributed by atoms with E-state index >= 15 is 0 Å². The van der Waals surface area contributed by atoms with Crippen LogP contribution in [-0.4, -0.2) is 29.3 Å². The van der Waals surface area contributed by atoms with Crippen molar-refractivity contribution in [3.05, 3.63) is 29.8 Å². The lowest BCUT2D eigenvalue weighted by Gasteiger charge is -2.18. The number of hydrogen-bond donors (Lipinski definition) is 2. The largest absolute Gasteiger partial charge is 0.479 e. The Hall–Kier alpha value is -1.55. The van der Waals surface area contributed by atoms with E-state index < -0.39 is 12.1 Å². The average molecular weight is 221 g/mol. The number of nitrogens with zero attached hydrogens (tertiary/aromatic N) is 1. The molecule has 0 unspecified atom stereocenters. The van der Waals surface area contributed by atoms with Gasteiger partial charge in [0.2, 0.25) is 0 Å². The molecule has 0 aromatic heterocycles. The summed E-state index contributed by atoms with van der Waals surface area (Å²) in [5.74, 6) is -1.21. The molecule has 0 spiro atoms. The van der Waals surface area contributed by atoms with Gasteiger partial charge in [0.05, 0.1) is 0 Å². The van der Waals surface area contributed by atoms with E-state index in [1.807, 2.05) is 12.1 Å². The predicted octanol–water partition coefficient (Wildman–Crippen LogP) is 1.40. The maximum absolute atomic E-state index is 10.6. The Bertz CT molecular complexity index is 368. The molecule has 1 aliphatic rings. The molecule has 1 atom stereocenters. The predicted molar refractivity (Wildman–Crippen MR) is 60.5 cm³/mol. The van der Waals surface area contributed by atoms with Gasteiger partial charge in [-0.05, 0) is 30.5 Å². The Kier molecular flexibility index (Phi) is 3.10. The van der Waals surface area contributed by atoms with Gasteiger partial charge < -0.3 is 15.1 Å². The summed E-state index contributed by atoms with van der Waals surface area (Å²) in [6.07, 6.45) is 0.992. The first-order valence-electron chi connectivity index (χ1n) is 5.44. The van der Waals surface area contributed by atoms with Crippen LogP contribution in [0.1, 0.15) is 24.5 Å². The zero-order valence-corrected chi connectivity index (χ0v) is 8.97. The fourth-order valence-electron chi connectivity index (χ4n) is 1.99. The molecule has 1 fully saturated rings. The van der Waals surface area contributed by atoms with E-state index in [0.717, 1.165) is 18.8 Å². The number of aliphatic hydroxyl groups is 1. The first-order chi connectivity index (χ1) is 7.68. The summed E-state index contributed by atoms with van der Waals surface area (Å²) in [5.41, 5.74) is 1.52. The molecular formula is C12H15NO3. The molecule has 1 aromatic rings. The lowest BCUT2D eigenvalue weighted by Crippen LogP contribution is -2.17. The Labute approximate surface area is 94.1 Å². The molecule has 0 saturated carbocycles. The molecule has 0 radical (unpaired) electrons. The summed E-state index contributed by atoms with van der Waals surface area (Å²) in [4.78, 5) is 12.8. The molecule has 4 heteroatoms. The fraction of sp³-hybridized carbons (Fsp3) is 0.417. The second kappa shape index (κ2) is 4.53. The van der Waals surface area contributed by atoms with Crippen LogP contribution in [-0.2, 0) is 4.79 Å². The summed E-state index contributed by atoms with van der Waals surface area (Å²) >= 11 is 0.